The largest absolute Gasteiger partial charge is 0.493 e. The van der Waals surface area contributed by atoms with E-state index in [9.17, 15) is 9.59 Å². The van der Waals surface area contributed by atoms with Gasteiger partial charge in [0.05, 0.1) is 12.6 Å². The summed E-state index contributed by atoms with van der Waals surface area (Å²) in [5.74, 6) is -0.138. The average Bonchev–Trinajstić information content (AvgIpc) is 2.99. The Hall–Kier alpha value is -3.19. The summed E-state index contributed by atoms with van der Waals surface area (Å²) in [5.41, 5.74) is 2.63. The lowest BCUT2D eigenvalue weighted by Crippen LogP contribution is -2.15. The van der Waals surface area contributed by atoms with E-state index in [-0.39, 0.29) is 12.1 Å². The maximum absolute atomic E-state index is 12.3. The number of aromatic amines is 2. The van der Waals surface area contributed by atoms with Crippen LogP contribution in [0.3, 0.4) is 0 Å². The number of methoxy groups -OCH3 is 1. The number of H-pyrrole nitrogens is 2. The van der Waals surface area contributed by atoms with Crippen LogP contribution in [-0.4, -0.2) is 17.1 Å². The molecule has 7 nitrogen and oxygen atoms in total. The summed E-state index contributed by atoms with van der Waals surface area (Å²) < 4.78 is 10.3. The number of hydrogen-bond donors (Lipinski definition) is 3. The number of pyridine rings is 1. The first kappa shape index (κ1) is 16.3. The van der Waals surface area contributed by atoms with Gasteiger partial charge in [0.25, 0.3) is 5.56 Å². The SMILES string of the molecule is COc1cc(NCc2cc3cc(Cl)ccc3[nH]c2=O)cc2[nH]c(=O)oc12. The smallest absolute Gasteiger partial charge is 0.417 e. The Morgan fingerprint density at radius 3 is 2.77 bits per heavy atom. The van der Waals surface area contributed by atoms with Crippen molar-refractivity contribution in [1.29, 1.82) is 0 Å². The number of fused-ring (bicyclic) bond motifs is 2. The highest BCUT2D eigenvalue weighted by atomic mass is 35.5. The van der Waals surface area contributed by atoms with E-state index in [1.54, 1.807) is 36.4 Å². The van der Waals surface area contributed by atoms with E-state index in [0.717, 1.165) is 10.9 Å². The maximum Gasteiger partial charge on any atom is 0.417 e. The second kappa shape index (κ2) is 6.27. The normalized spacial score (nSPS) is 11.2. The van der Waals surface area contributed by atoms with Crippen LogP contribution in [0.5, 0.6) is 5.75 Å². The van der Waals surface area contributed by atoms with E-state index in [1.807, 2.05) is 0 Å². The molecular formula is C18H14ClN3O4. The summed E-state index contributed by atoms with van der Waals surface area (Å²) in [7, 11) is 1.49. The molecule has 0 amide bonds. The topological polar surface area (TPSA) is 100 Å². The van der Waals surface area contributed by atoms with E-state index in [1.165, 1.54) is 7.11 Å². The molecule has 2 aromatic heterocycles. The Kier molecular flexibility index (Phi) is 3.93. The van der Waals surface area contributed by atoms with Crippen LogP contribution < -0.4 is 21.4 Å². The molecule has 0 bridgehead atoms. The molecule has 0 aliphatic rings. The summed E-state index contributed by atoms with van der Waals surface area (Å²) in [6, 6.07) is 10.5. The monoisotopic (exact) mass is 371 g/mol. The van der Waals surface area contributed by atoms with Gasteiger partial charge in [-0.05, 0) is 30.3 Å². The molecule has 132 valence electrons. The number of aromatic nitrogens is 2. The second-order valence-electron chi connectivity index (χ2n) is 5.78. The van der Waals surface area contributed by atoms with Crippen LogP contribution in [0.4, 0.5) is 5.69 Å². The molecule has 2 heterocycles. The molecule has 8 heteroatoms. The van der Waals surface area contributed by atoms with Crippen LogP contribution in [0, 0.1) is 0 Å². The van der Waals surface area contributed by atoms with Crippen molar-refractivity contribution in [2.24, 2.45) is 0 Å². The first-order valence-electron chi connectivity index (χ1n) is 7.80. The summed E-state index contributed by atoms with van der Waals surface area (Å²) in [5, 5.41) is 4.61. The third-order valence-electron chi connectivity index (χ3n) is 4.07. The molecule has 3 N–H and O–H groups in total. The lowest BCUT2D eigenvalue weighted by Gasteiger charge is -2.09. The highest BCUT2D eigenvalue weighted by molar-refractivity contribution is 6.31. The standard InChI is InChI=1S/C18H14ClN3O4/c1-25-15-7-12(6-14-16(15)26-18(24)22-14)20-8-10-4-9-5-11(19)2-3-13(9)21-17(10)23/h2-7,20H,8H2,1H3,(H,21,23)(H,22,24). The number of ether oxygens (including phenoxy) is 1. The van der Waals surface area contributed by atoms with E-state index in [4.69, 9.17) is 20.8 Å². The van der Waals surface area contributed by atoms with Crippen molar-refractivity contribution < 1.29 is 9.15 Å². The Morgan fingerprint density at radius 2 is 1.96 bits per heavy atom. The molecule has 0 unspecified atom stereocenters. The third kappa shape index (κ3) is 2.93. The molecular weight excluding hydrogens is 358 g/mol. The lowest BCUT2D eigenvalue weighted by molar-refractivity contribution is 0.408. The molecule has 0 saturated heterocycles. The zero-order valence-electron chi connectivity index (χ0n) is 13.7. The molecule has 0 atom stereocenters. The molecule has 0 aliphatic heterocycles. The minimum Gasteiger partial charge on any atom is -0.493 e. The number of oxazole rings is 1. The minimum atomic E-state index is -0.557. The second-order valence-corrected chi connectivity index (χ2v) is 6.21. The lowest BCUT2D eigenvalue weighted by atomic mass is 10.1. The minimum absolute atomic E-state index is 0.183. The van der Waals surface area contributed by atoms with Crippen LogP contribution in [0.1, 0.15) is 5.56 Å². The fourth-order valence-corrected chi connectivity index (χ4v) is 3.01. The summed E-state index contributed by atoms with van der Waals surface area (Å²) >= 11 is 6.02. The Bertz CT molecular complexity index is 1240. The summed E-state index contributed by atoms with van der Waals surface area (Å²) in [4.78, 5) is 29.1. The van der Waals surface area contributed by atoms with E-state index < -0.39 is 5.76 Å². The Labute approximate surface area is 151 Å². The maximum atomic E-state index is 12.3. The molecule has 0 aliphatic carbocycles. The predicted octanol–water partition coefficient (Wildman–Crippen LogP) is 3.24. The van der Waals surface area contributed by atoms with Crippen LogP contribution in [0.25, 0.3) is 22.0 Å². The summed E-state index contributed by atoms with van der Waals surface area (Å²) in [6.07, 6.45) is 0. The first-order chi connectivity index (χ1) is 12.5. The fourth-order valence-electron chi connectivity index (χ4n) is 2.83. The van der Waals surface area contributed by atoms with Gasteiger partial charge in [0.15, 0.2) is 11.3 Å². The van der Waals surface area contributed by atoms with Crippen LogP contribution >= 0.6 is 11.6 Å². The van der Waals surface area contributed by atoms with Crippen molar-refractivity contribution in [3.63, 3.8) is 0 Å². The first-order valence-corrected chi connectivity index (χ1v) is 8.17. The van der Waals surface area contributed by atoms with Crippen LogP contribution in [0.2, 0.25) is 5.02 Å². The Balaban J connectivity index is 1.67. The van der Waals surface area contributed by atoms with E-state index in [2.05, 4.69) is 15.3 Å². The molecule has 0 spiro atoms. The molecule has 0 fully saturated rings. The number of anilines is 1. The molecule has 0 saturated carbocycles. The van der Waals surface area contributed by atoms with E-state index in [0.29, 0.717) is 33.1 Å². The van der Waals surface area contributed by atoms with Crippen LogP contribution in [0.15, 0.2) is 50.4 Å². The van der Waals surface area contributed by atoms with Crippen molar-refractivity contribution in [2.75, 3.05) is 12.4 Å². The van der Waals surface area contributed by atoms with Crippen molar-refractivity contribution >= 4 is 39.3 Å². The van der Waals surface area contributed by atoms with Crippen molar-refractivity contribution in [1.82, 2.24) is 9.97 Å². The Morgan fingerprint density at radius 1 is 1.12 bits per heavy atom. The van der Waals surface area contributed by atoms with Gasteiger partial charge in [0.2, 0.25) is 0 Å². The average molecular weight is 372 g/mol. The molecule has 0 radical (unpaired) electrons. The molecule has 2 aromatic carbocycles. The van der Waals surface area contributed by atoms with Gasteiger partial charge in [-0.3, -0.25) is 9.78 Å². The number of rotatable bonds is 4. The van der Waals surface area contributed by atoms with Gasteiger partial charge >= 0.3 is 5.76 Å². The van der Waals surface area contributed by atoms with Gasteiger partial charge in [-0.2, -0.15) is 0 Å². The third-order valence-corrected chi connectivity index (χ3v) is 4.31. The van der Waals surface area contributed by atoms with Crippen molar-refractivity contribution in [3.05, 3.63) is 67.9 Å². The summed E-state index contributed by atoms with van der Waals surface area (Å²) in [6.45, 7) is 0.286. The predicted molar refractivity (Wildman–Crippen MR) is 100 cm³/mol. The molecule has 4 aromatic rings. The van der Waals surface area contributed by atoms with Crippen molar-refractivity contribution in [2.45, 2.75) is 6.54 Å². The van der Waals surface area contributed by atoms with Crippen molar-refractivity contribution in [3.8, 4) is 5.75 Å². The number of hydrogen-bond acceptors (Lipinski definition) is 5. The van der Waals surface area contributed by atoms with Gasteiger partial charge in [0, 0.05) is 39.8 Å². The van der Waals surface area contributed by atoms with Gasteiger partial charge < -0.3 is 19.5 Å². The van der Waals surface area contributed by atoms with Gasteiger partial charge in [-0.25, -0.2) is 4.79 Å². The van der Waals surface area contributed by atoms with Gasteiger partial charge in [0.1, 0.15) is 0 Å². The number of nitrogens with one attached hydrogen (secondary N) is 3. The zero-order valence-corrected chi connectivity index (χ0v) is 14.4. The quantitative estimate of drug-likeness (QED) is 0.511. The molecule has 26 heavy (non-hydrogen) atoms. The highest BCUT2D eigenvalue weighted by Crippen LogP contribution is 2.28. The van der Waals surface area contributed by atoms with E-state index >= 15 is 0 Å². The highest BCUT2D eigenvalue weighted by Gasteiger charge is 2.11. The van der Waals surface area contributed by atoms with Gasteiger partial charge in [-0.15, -0.1) is 0 Å². The fraction of sp³-hybridized carbons (Fsp3) is 0.111. The number of halogens is 1. The van der Waals surface area contributed by atoms with Crippen LogP contribution in [-0.2, 0) is 6.54 Å². The number of benzene rings is 2. The zero-order chi connectivity index (χ0) is 18.3. The van der Waals surface area contributed by atoms with Gasteiger partial charge in [-0.1, -0.05) is 11.6 Å². The molecule has 4 rings (SSSR count).